The largest absolute Gasteiger partial charge is 0.365 e. The quantitative estimate of drug-likeness (QED) is 0.499. The van der Waals surface area contributed by atoms with Gasteiger partial charge in [-0.25, -0.2) is 10.1 Å². The molecule has 28 heavy (non-hydrogen) atoms. The van der Waals surface area contributed by atoms with Crippen LogP contribution in [-0.2, 0) is 0 Å². The van der Waals surface area contributed by atoms with Gasteiger partial charge in [-0.1, -0.05) is 13.8 Å². The molecule has 0 radical (unpaired) electrons. The zero-order valence-electron chi connectivity index (χ0n) is 17.7. The number of likely N-dealkylation sites (tertiary alicyclic amines) is 2. The van der Waals surface area contributed by atoms with E-state index in [1.807, 2.05) is 0 Å². The molecule has 3 rings (SSSR count). The minimum Gasteiger partial charge on any atom is -0.365 e. The zero-order valence-corrected chi connectivity index (χ0v) is 17.7. The summed E-state index contributed by atoms with van der Waals surface area (Å²) in [4.78, 5) is 13.2. The average Bonchev–Trinajstić information content (AvgIpc) is 3.31. The number of nitriles is 1. The number of piperidine rings is 1. The van der Waals surface area contributed by atoms with Gasteiger partial charge in [-0.2, -0.15) is 0 Å². The molecule has 0 bridgehead atoms. The van der Waals surface area contributed by atoms with E-state index < -0.39 is 0 Å². The van der Waals surface area contributed by atoms with Crippen molar-refractivity contribution in [1.29, 1.82) is 5.26 Å². The Morgan fingerprint density at radius 3 is 2.21 bits per heavy atom. The molecule has 0 aliphatic carbocycles. The Hall–Kier alpha value is -1.76. The Kier molecular flexibility index (Phi) is 7.59. The molecule has 0 aromatic rings. The first kappa shape index (κ1) is 21.0. The van der Waals surface area contributed by atoms with Crippen LogP contribution in [0.2, 0.25) is 0 Å². The summed E-state index contributed by atoms with van der Waals surface area (Å²) in [6.07, 6.45) is 5.08. The summed E-state index contributed by atoms with van der Waals surface area (Å²) < 4.78 is 0. The molecule has 154 valence electrons. The van der Waals surface area contributed by atoms with Crippen molar-refractivity contribution < 1.29 is 0 Å². The Labute approximate surface area is 171 Å². The summed E-state index contributed by atoms with van der Waals surface area (Å²) in [5.41, 5.74) is 0.263. The highest BCUT2D eigenvalue weighted by Gasteiger charge is 2.29. The number of rotatable bonds is 7. The highest BCUT2D eigenvalue weighted by Crippen LogP contribution is 2.25. The van der Waals surface area contributed by atoms with Gasteiger partial charge < -0.3 is 19.6 Å². The molecule has 3 fully saturated rings. The number of hydrogen-bond acceptors (Lipinski definition) is 5. The first-order chi connectivity index (χ1) is 13.6. The molecular weight excluding hydrogens is 348 g/mol. The van der Waals surface area contributed by atoms with Gasteiger partial charge in [0.1, 0.15) is 5.82 Å². The molecule has 2 atom stereocenters. The van der Waals surface area contributed by atoms with Crippen molar-refractivity contribution in [2.75, 3.05) is 65.4 Å². The zero-order chi connectivity index (χ0) is 19.9. The lowest BCUT2D eigenvalue weighted by atomic mass is 9.92. The van der Waals surface area contributed by atoms with Gasteiger partial charge in [-0.3, -0.25) is 0 Å². The monoisotopic (exact) mass is 384 g/mol. The van der Waals surface area contributed by atoms with Crippen LogP contribution in [0.4, 0.5) is 0 Å². The molecule has 0 N–H and O–H groups in total. The minimum absolute atomic E-state index is 0.263. The van der Waals surface area contributed by atoms with E-state index in [0.29, 0.717) is 0 Å². The van der Waals surface area contributed by atoms with Crippen LogP contribution in [0.5, 0.6) is 0 Å². The van der Waals surface area contributed by atoms with Crippen LogP contribution in [0.3, 0.4) is 0 Å². The van der Waals surface area contributed by atoms with Crippen molar-refractivity contribution in [3.63, 3.8) is 0 Å². The van der Waals surface area contributed by atoms with Crippen molar-refractivity contribution in [2.45, 2.75) is 39.5 Å². The van der Waals surface area contributed by atoms with E-state index in [9.17, 15) is 5.26 Å². The fraction of sp³-hybridized carbons (Fsp3) is 0.818. The molecule has 6 heteroatoms. The summed E-state index contributed by atoms with van der Waals surface area (Å²) >= 11 is 0. The van der Waals surface area contributed by atoms with Crippen molar-refractivity contribution in [1.82, 2.24) is 19.6 Å². The fourth-order valence-corrected chi connectivity index (χ4v) is 5.24. The van der Waals surface area contributed by atoms with Crippen molar-refractivity contribution in [3.8, 4) is 6.07 Å². The summed E-state index contributed by atoms with van der Waals surface area (Å²) in [5.74, 6) is 2.41. The smallest absolute Gasteiger partial charge is 0.300 e. The van der Waals surface area contributed by atoms with E-state index in [-0.39, 0.29) is 5.70 Å². The molecule has 0 aromatic heterocycles. The van der Waals surface area contributed by atoms with Crippen LogP contribution in [0.1, 0.15) is 39.5 Å². The van der Waals surface area contributed by atoms with Crippen molar-refractivity contribution >= 4 is 0 Å². The maximum Gasteiger partial charge on any atom is 0.300 e. The van der Waals surface area contributed by atoms with E-state index in [2.05, 4.69) is 44.4 Å². The molecular formula is C22H36N6. The summed E-state index contributed by atoms with van der Waals surface area (Å²) in [6.45, 7) is 22.8. The lowest BCUT2D eigenvalue weighted by molar-refractivity contribution is 0.130. The maximum absolute atomic E-state index is 9.51. The predicted octanol–water partition coefficient (Wildman–Crippen LogP) is 2.68. The van der Waals surface area contributed by atoms with Crippen LogP contribution < -0.4 is 0 Å². The van der Waals surface area contributed by atoms with E-state index in [1.165, 1.54) is 45.4 Å². The van der Waals surface area contributed by atoms with Gasteiger partial charge in [0, 0.05) is 45.8 Å². The van der Waals surface area contributed by atoms with Gasteiger partial charge in [-0.15, -0.1) is 0 Å². The standard InChI is InChI=1S/C22H36N6/c1-19-15-20(2)18-26(17-19)11-12-28-14-13-27(22(28)21(16-23)24-3)10-6-9-25-7-4-5-8-25/h19-20H,4-15,17-18H2,1-2H3/b22-21+/t19-,20+. The molecule has 0 aromatic carbocycles. The molecule has 3 aliphatic rings. The van der Waals surface area contributed by atoms with Gasteiger partial charge in [0.15, 0.2) is 0 Å². The molecule has 3 heterocycles. The summed E-state index contributed by atoms with van der Waals surface area (Å²) in [5, 5.41) is 9.51. The molecule has 0 saturated carbocycles. The van der Waals surface area contributed by atoms with Gasteiger partial charge in [-0.05, 0) is 57.2 Å². The third kappa shape index (κ3) is 5.40. The Bertz CT molecular complexity index is 598. The van der Waals surface area contributed by atoms with Crippen molar-refractivity contribution in [3.05, 3.63) is 22.9 Å². The topological polar surface area (TPSA) is 41.1 Å². The van der Waals surface area contributed by atoms with E-state index in [4.69, 9.17) is 6.57 Å². The lowest BCUT2D eigenvalue weighted by Gasteiger charge is -2.36. The lowest BCUT2D eigenvalue weighted by Crippen LogP contribution is -2.42. The Balaban J connectivity index is 1.57. The molecule has 0 unspecified atom stereocenters. The molecule has 3 aliphatic heterocycles. The van der Waals surface area contributed by atoms with E-state index in [0.717, 1.165) is 63.3 Å². The van der Waals surface area contributed by atoms with Crippen LogP contribution in [0.15, 0.2) is 11.5 Å². The third-order valence-electron chi connectivity index (χ3n) is 6.40. The van der Waals surface area contributed by atoms with Gasteiger partial charge in [0.2, 0.25) is 0 Å². The second kappa shape index (κ2) is 10.1. The highest BCUT2D eigenvalue weighted by atomic mass is 15.4. The molecule has 0 spiro atoms. The number of nitrogens with zero attached hydrogens (tertiary/aromatic N) is 6. The fourth-order valence-electron chi connectivity index (χ4n) is 5.24. The van der Waals surface area contributed by atoms with Crippen LogP contribution >= 0.6 is 0 Å². The SMILES string of the molecule is [C-]#[N+]/C(C#N)=C1\N(CCCN2CCCC2)CCN1CCN1C[C@H](C)C[C@H](C)C1. The van der Waals surface area contributed by atoms with Gasteiger partial charge in [0.05, 0.1) is 12.6 Å². The highest BCUT2D eigenvalue weighted by molar-refractivity contribution is 5.33. The number of hydrogen-bond donors (Lipinski definition) is 0. The van der Waals surface area contributed by atoms with Gasteiger partial charge in [0.25, 0.3) is 0 Å². The second-order valence-corrected chi connectivity index (χ2v) is 8.98. The maximum atomic E-state index is 9.51. The van der Waals surface area contributed by atoms with E-state index >= 15 is 0 Å². The Morgan fingerprint density at radius 1 is 0.964 bits per heavy atom. The summed E-state index contributed by atoms with van der Waals surface area (Å²) in [7, 11) is 0. The van der Waals surface area contributed by atoms with Crippen LogP contribution in [0.25, 0.3) is 4.85 Å². The summed E-state index contributed by atoms with van der Waals surface area (Å²) in [6, 6.07) is 2.16. The van der Waals surface area contributed by atoms with Gasteiger partial charge >= 0.3 is 5.70 Å². The number of allylic oxidation sites excluding steroid dienone is 1. The predicted molar refractivity (Wildman–Crippen MR) is 112 cm³/mol. The average molecular weight is 385 g/mol. The first-order valence-corrected chi connectivity index (χ1v) is 11.1. The molecule has 0 amide bonds. The third-order valence-corrected chi connectivity index (χ3v) is 6.40. The van der Waals surface area contributed by atoms with E-state index in [1.54, 1.807) is 0 Å². The molecule has 3 saturated heterocycles. The van der Waals surface area contributed by atoms with Crippen molar-refractivity contribution in [2.24, 2.45) is 11.8 Å². The first-order valence-electron chi connectivity index (χ1n) is 11.1. The van der Waals surface area contributed by atoms with Crippen LogP contribution in [0, 0.1) is 29.7 Å². The molecule has 6 nitrogen and oxygen atoms in total. The second-order valence-electron chi connectivity index (χ2n) is 8.98. The minimum atomic E-state index is 0.263. The Morgan fingerprint density at radius 2 is 1.61 bits per heavy atom. The normalized spacial score (nSPS) is 28.4. The van der Waals surface area contributed by atoms with Crippen LogP contribution in [-0.4, -0.2) is 85.0 Å².